The second kappa shape index (κ2) is 30.7. The van der Waals surface area contributed by atoms with Gasteiger partial charge in [-0.2, -0.15) is 0 Å². The number of ether oxygens (including phenoxy) is 14. The fraction of sp³-hybridized carbons (Fsp3) is 0.459. The minimum Gasteiger partial charge on any atom is -0.508 e. The Hall–Kier alpha value is -8.21. The zero-order chi connectivity index (χ0) is 68.9. The van der Waals surface area contributed by atoms with E-state index >= 15 is 0 Å². The van der Waals surface area contributed by atoms with Crippen molar-refractivity contribution in [2.24, 2.45) is 0 Å². The van der Waals surface area contributed by atoms with Crippen molar-refractivity contribution in [3.05, 3.63) is 94.2 Å². The van der Waals surface area contributed by atoms with Crippen molar-refractivity contribution in [1.29, 1.82) is 0 Å². The summed E-state index contributed by atoms with van der Waals surface area (Å²) in [5.41, 5.74) is -1.21. The third-order valence-electron chi connectivity index (χ3n) is 15.7. The number of methoxy groups -OCH3 is 4. The Morgan fingerprint density at radius 3 is 1.40 bits per heavy atom. The Bertz CT molecular complexity index is 3540. The Labute approximate surface area is 536 Å². The zero-order valence-electron chi connectivity index (χ0n) is 50.5. The van der Waals surface area contributed by atoms with Crippen LogP contribution in [0.3, 0.4) is 0 Å². The van der Waals surface area contributed by atoms with Crippen molar-refractivity contribution in [1.82, 2.24) is 0 Å². The molecule has 9 rings (SSSR count). The van der Waals surface area contributed by atoms with Gasteiger partial charge in [0, 0.05) is 29.8 Å². The molecule has 1 aromatic heterocycles. The van der Waals surface area contributed by atoms with Crippen molar-refractivity contribution < 1.29 is 162 Å². The summed E-state index contributed by atoms with van der Waals surface area (Å²) < 4.78 is 84.9. The molecule has 20 atom stereocenters. The number of aromatic hydroxyl groups is 4. The summed E-state index contributed by atoms with van der Waals surface area (Å²) in [6, 6.07) is 12.1. The van der Waals surface area contributed by atoms with Crippen LogP contribution in [0.15, 0.2) is 82.0 Å². The Morgan fingerprint density at radius 2 is 0.905 bits per heavy atom. The average Bonchev–Trinajstić information content (AvgIpc) is 0.759. The van der Waals surface area contributed by atoms with E-state index < -0.39 is 195 Å². The number of aliphatic hydroxyl groups excluding tert-OH is 12. The molecule has 4 fully saturated rings. The van der Waals surface area contributed by atoms with E-state index in [4.69, 9.17) is 70.7 Å². The van der Waals surface area contributed by atoms with Crippen molar-refractivity contribution in [3.8, 4) is 68.8 Å². The minimum atomic E-state index is -2.33. The van der Waals surface area contributed by atoms with E-state index in [1.165, 1.54) is 77.0 Å². The summed E-state index contributed by atoms with van der Waals surface area (Å²) in [6.45, 7) is -3.69. The molecule has 0 unspecified atom stereocenters. The number of fused-ring (bicyclic) bond motifs is 1. The predicted molar refractivity (Wildman–Crippen MR) is 314 cm³/mol. The normalized spacial score (nSPS) is 31.0. The third-order valence-corrected chi connectivity index (χ3v) is 15.7. The van der Waals surface area contributed by atoms with E-state index in [0.29, 0.717) is 5.56 Å². The highest BCUT2D eigenvalue weighted by Gasteiger charge is 2.55. The number of rotatable bonds is 23. The first-order valence-electron chi connectivity index (χ1n) is 28.8. The van der Waals surface area contributed by atoms with Crippen LogP contribution in [0.2, 0.25) is 0 Å². The van der Waals surface area contributed by atoms with Gasteiger partial charge in [0.05, 0.1) is 41.7 Å². The monoisotopic (exact) mass is 1350 g/mol. The first-order valence-corrected chi connectivity index (χ1v) is 28.8. The first kappa shape index (κ1) is 71.1. The van der Waals surface area contributed by atoms with Crippen LogP contribution in [0.1, 0.15) is 11.1 Å². The van der Waals surface area contributed by atoms with Gasteiger partial charge >= 0.3 is 11.9 Å². The Kier molecular flexibility index (Phi) is 23.0. The van der Waals surface area contributed by atoms with Crippen molar-refractivity contribution in [2.45, 2.75) is 123 Å². The lowest BCUT2D eigenvalue weighted by molar-refractivity contribution is -0.389. The summed E-state index contributed by atoms with van der Waals surface area (Å²) in [4.78, 5) is 41.2. The molecular formula is C61H70O34. The smallest absolute Gasteiger partial charge is 0.330 e. The molecule has 4 aliphatic rings. The number of phenolic OH excluding ortho intramolecular Hbond substituents is 4. The molecule has 4 aromatic carbocycles. The fourth-order valence-corrected chi connectivity index (χ4v) is 10.5. The van der Waals surface area contributed by atoms with Gasteiger partial charge in [0.15, 0.2) is 47.4 Å². The molecule has 0 aliphatic carbocycles. The number of hydrogen-bond donors (Lipinski definition) is 16. The second-order valence-electron chi connectivity index (χ2n) is 21.8. The highest BCUT2D eigenvalue weighted by Crippen LogP contribution is 2.42. The number of hydrogen-bond acceptors (Lipinski definition) is 34. The molecule has 4 saturated heterocycles. The summed E-state index contributed by atoms with van der Waals surface area (Å²) >= 11 is 0. The fourth-order valence-electron chi connectivity index (χ4n) is 10.5. The van der Waals surface area contributed by atoms with Crippen LogP contribution in [0.4, 0.5) is 0 Å². The van der Waals surface area contributed by atoms with E-state index in [1.807, 2.05) is 0 Å². The maximum atomic E-state index is 14.9. The van der Waals surface area contributed by atoms with E-state index in [-0.39, 0.29) is 57.1 Å². The number of carbonyl (C=O) groups excluding carboxylic acids is 2. The van der Waals surface area contributed by atoms with Gasteiger partial charge in [-0.15, -0.1) is 0 Å². The number of carbonyl (C=O) groups is 2. The summed E-state index contributed by atoms with van der Waals surface area (Å²) in [6.07, 6.45) is -36.6. The van der Waals surface area contributed by atoms with Gasteiger partial charge in [-0.1, -0.05) is 0 Å². The summed E-state index contributed by atoms with van der Waals surface area (Å²) in [5, 5.41) is 174. The molecule has 16 N–H and O–H groups in total. The van der Waals surface area contributed by atoms with Gasteiger partial charge < -0.3 is 152 Å². The molecule has 4 aliphatic heterocycles. The van der Waals surface area contributed by atoms with Crippen molar-refractivity contribution in [2.75, 3.05) is 54.9 Å². The third kappa shape index (κ3) is 15.4. The standard InChI is InChI=1S/C61H70O34/c1-81-30-13-23(14-31(82-2)41(30)68)5-11-38(66)85-21-36-45(72)49(76)53(80)59(91-36)94-56-51(78)46(73)37(22-86-39(67)12-6-24-15-32(83-3)42(69)33(16-24)84-4)92-61(56)95-57-50(77)44(71)35(20-63)90-60(57)93-55-47(74)40-28(65)17-27(87-58-52(79)48(75)43(70)34(19-62)89-58)18-29(40)88-54(55)25-7-9-26(64)10-8-25/h5-18,34-37,43-46,48-53,56-65,68-73,75-80H,19-22H2,1-4H3/b11-5+,12-6+/t34-,35-,36-,37-,43-,44-,45-,46-,48+,49+,50+,51+,52-,53-,56-,57-,58-,59+,60+,61+/m1/s1. The molecule has 34 heteroatoms. The summed E-state index contributed by atoms with van der Waals surface area (Å²) in [7, 11) is 5.09. The van der Waals surface area contributed by atoms with Crippen LogP contribution in [-0.4, -0.2) is 271 Å². The number of benzene rings is 4. The Balaban J connectivity index is 1.04. The molecule has 518 valence electrons. The van der Waals surface area contributed by atoms with Crippen LogP contribution in [0.25, 0.3) is 34.4 Å². The average molecular weight is 1350 g/mol. The molecule has 0 saturated carbocycles. The lowest BCUT2D eigenvalue weighted by Crippen LogP contribution is -2.67. The molecule has 95 heavy (non-hydrogen) atoms. The van der Waals surface area contributed by atoms with E-state index in [0.717, 1.165) is 36.4 Å². The number of esters is 2. The van der Waals surface area contributed by atoms with Crippen LogP contribution in [-0.2, 0) is 47.5 Å². The van der Waals surface area contributed by atoms with Gasteiger partial charge in [0.25, 0.3) is 0 Å². The topological polar surface area (TPSA) is 517 Å². The molecular weight excluding hydrogens is 1280 g/mol. The molecule has 0 spiro atoms. The predicted octanol–water partition coefficient (Wildman–Crippen LogP) is -3.15. The Morgan fingerprint density at radius 1 is 0.484 bits per heavy atom. The van der Waals surface area contributed by atoms with E-state index in [2.05, 4.69) is 0 Å². The largest absolute Gasteiger partial charge is 0.508 e. The van der Waals surface area contributed by atoms with Crippen LogP contribution >= 0.6 is 0 Å². The lowest BCUT2D eigenvalue weighted by Gasteiger charge is -2.48. The number of phenols is 4. The van der Waals surface area contributed by atoms with Gasteiger partial charge in [-0.3, -0.25) is 4.79 Å². The highest BCUT2D eigenvalue weighted by molar-refractivity contribution is 5.89. The lowest BCUT2D eigenvalue weighted by atomic mass is 9.96. The molecule has 5 heterocycles. The quantitative estimate of drug-likeness (QED) is 0.0227. The molecule has 0 radical (unpaired) electrons. The zero-order valence-corrected chi connectivity index (χ0v) is 50.5. The van der Waals surface area contributed by atoms with Gasteiger partial charge in [-0.05, 0) is 71.8 Å². The van der Waals surface area contributed by atoms with E-state index in [9.17, 15) is 96.1 Å². The minimum absolute atomic E-state index is 0.00546. The number of aliphatic hydroxyl groups is 12. The van der Waals surface area contributed by atoms with Gasteiger partial charge in [0.2, 0.25) is 35.3 Å². The molecule has 0 bridgehead atoms. The van der Waals surface area contributed by atoms with Gasteiger partial charge in [0.1, 0.15) is 133 Å². The van der Waals surface area contributed by atoms with Crippen LogP contribution in [0, 0.1) is 0 Å². The van der Waals surface area contributed by atoms with Crippen LogP contribution in [0.5, 0.6) is 57.5 Å². The maximum Gasteiger partial charge on any atom is 0.330 e. The van der Waals surface area contributed by atoms with Crippen molar-refractivity contribution >= 4 is 35.1 Å². The highest BCUT2D eigenvalue weighted by atomic mass is 16.8. The SMILES string of the molecule is COc1cc(/C=C/C(=O)OC[C@H]2O[C@@H](O[C@H]3[C@H](O[C@H]4[C@H](Oc5c(-c6ccc(O)cc6)oc6cc(O[C@@H]7O[C@H](CO)[C@@H](O)[C@H](O)[C@H]7O)cc(O)c6c5=O)O[C@H](CO)[C@@H](O)[C@@H]4O)O[C@H](COC(=O)/C=C/c4cc(OC)c(O)c(OC)c4)[C@@H](O)[C@@H]3O)[C@H](O)[C@@H](O)[C@@H]2O)cc(OC)c1O. The van der Waals surface area contributed by atoms with Crippen LogP contribution < -0.4 is 33.8 Å². The molecule has 34 nitrogen and oxygen atoms in total. The molecule has 5 aromatic rings. The first-order chi connectivity index (χ1) is 45.3. The van der Waals surface area contributed by atoms with Crippen molar-refractivity contribution in [3.63, 3.8) is 0 Å². The van der Waals surface area contributed by atoms with E-state index in [1.54, 1.807) is 0 Å². The second-order valence-corrected chi connectivity index (χ2v) is 21.8. The summed E-state index contributed by atoms with van der Waals surface area (Å²) in [5.74, 6) is -5.89. The maximum absolute atomic E-state index is 14.9. The van der Waals surface area contributed by atoms with Gasteiger partial charge in [-0.25, -0.2) is 9.59 Å². The molecule has 0 amide bonds.